The van der Waals surface area contributed by atoms with E-state index in [1.807, 2.05) is 0 Å². The fourth-order valence-electron chi connectivity index (χ4n) is 1.63. The van der Waals surface area contributed by atoms with Crippen LogP contribution in [0.4, 0.5) is 9.18 Å². The van der Waals surface area contributed by atoms with E-state index >= 15 is 0 Å². The maximum Gasteiger partial charge on any atom is 0.317 e. The highest BCUT2D eigenvalue weighted by Gasteiger charge is 2.08. The molecule has 0 aliphatic heterocycles. The molecule has 1 aromatic carbocycles. The first-order chi connectivity index (χ1) is 9.17. The van der Waals surface area contributed by atoms with Gasteiger partial charge in [-0.2, -0.15) is 0 Å². The molecular formula is C15H19FN2O. The van der Waals surface area contributed by atoms with Gasteiger partial charge in [-0.1, -0.05) is 24.3 Å². The molecule has 0 heterocycles. The number of nitrogens with zero attached hydrogens (tertiary/aromatic N) is 1. The highest BCUT2D eigenvalue weighted by atomic mass is 19.1. The second kappa shape index (κ2) is 8.08. The lowest BCUT2D eigenvalue weighted by molar-refractivity contribution is 0.208. The Bertz CT molecular complexity index is 418. The minimum Gasteiger partial charge on any atom is -0.338 e. The maximum absolute atomic E-state index is 12.7. The molecule has 0 bridgehead atoms. The fourth-order valence-corrected chi connectivity index (χ4v) is 1.63. The molecule has 4 heteroatoms. The SMILES string of the molecule is C=CCN(CC=C)C(=O)NCCc1ccc(F)cc1. The second-order valence-electron chi connectivity index (χ2n) is 4.09. The van der Waals surface area contributed by atoms with Crippen molar-refractivity contribution in [3.05, 3.63) is 61.0 Å². The van der Waals surface area contributed by atoms with Crippen LogP contribution in [0.3, 0.4) is 0 Å². The Morgan fingerprint density at radius 2 is 1.79 bits per heavy atom. The normalized spacial score (nSPS) is 9.74. The average Bonchev–Trinajstić information content (AvgIpc) is 2.40. The lowest BCUT2D eigenvalue weighted by Gasteiger charge is -2.19. The van der Waals surface area contributed by atoms with Gasteiger partial charge in [0.25, 0.3) is 0 Å². The Labute approximate surface area is 113 Å². The van der Waals surface area contributed by atoms with Crippen LogP contribution in [0, 0.1) is 5.82 Å². The number of halogens is 1. The average molecular weight is 262 g/mol. The third-order valence-electron chi connectivity index (χ3n) is 2.59. The van der Waals surface area contributed by atoms with E-state index < -0.39 is 0 Å². The van der Waals surface area contributed by atoms with Crippen molar-refractivity contribution in [2.45, 2.75) is 6.42 Å². The van der Waals surface area contributed by atoms with Crippen LogP contribution in [0.2, 0.25) is 0 Å². The van der Waals surface area contributed by atoms with Crippen LogP contribution in [-0.2, 0) is 6.42 Å². The van der Waals surface area contributed by atoms with Crippen LogP contribution in [0.15, 0.2) is 49.6 Å². The highest BCUT2D eigenvalue weighted by molar-refractivity contribution is 5.74. The Morgan fingerprint density at radius 3 is 2.32 bits per heavy atom. The van der Waals surface area contributed by atoms with Crippen LogP contribution in [0.25, 0.3) is 0 Å². The molecule has 0 radical (unpaired) electrons. The summed E-state index contributed by atoms with van der Waals surface area (Å²) in [4.78, 5) is 13.4. The number of amides is 2. The molecule has 0 aromatic heterocycles. The molecule has 0 atom stereocenters. The number of benzene rings is 1. The zero-order valence-electron chi connectivity index (χ0n) is 10.9. The molecule has 0 aliphatic rings. The molecule has 0 saturated heterocycles. The van der Waals surface area contributed by atoms with Crippen LogP contribution in [0.1, 0.15) is 5.56 Å². The molecule has 0 unspecified atom stereocenters. The summed E-state index contributed by atoms with van der Waals surface area (Å²) in [6, 6.07) is 6.11. The van der Waals surface area contributed by atoms with Gasteiger partial charge in [0.15, 0.2) is 0 Å². The minimum absolute atomic E-state index is 0.151. The third kappa shape index (κ3) is 5.38. The standard InChI is InChI=1S/C15H19FN2O/c1-3-11-18(12-4-2)15(19)17-10-9-13-5-7-14(16)8-6-13/h3-8H,1-2,9-12H2,(H,17,19). The predicted octanol–water partition coefficient (Wildman–Crippen LogP) is 2.75. The predicted molar refractivity (Wildman–Crippen MR) is 75.5 cm³/mol. The van der Waals surface area contributed by atoms with E-state index in [4.69, 9.17) is 0 Å². The number of hydrogen-bond acceptors (Lipinski definition) is 1. The summed E-state index contributed by atoms with van der Waals surface area (Å²) >= 11 is 0. The molecule has 102 valence electrons. The van der Waals surface area contributed by atoms with Crippen LogP contribution in [-0.4, -0.2) is 30.6 Å². The first-order valence-electron chi connectivity index (χ1n) is 6.16. The van der Waals surface area contributed by atoms with Crippen LogP contribution < -0.4 is 5.32 Å². The second-order valence-corrected chi connectivity index (χ2v) is 4.09. The number of rotatable bonds is 7. The van der Waals surface area contributed by atoms with Gasteiger partial charge in [-0.05, 0) is 24.1 Å². The van der Waals surface area contributed by atoms with Gasteiger partial charge in [-0.3, -0.25) is 0 Å². The van der Waals surface area contributed by atoms with Crippen molar-refractivity contribution in [1.29, 1.82) is 0 Å². The van der Waals surface area contributed by atoms with E-state index in [-0.39, 0.29) is 11.8 Å². The molecule has 0 aliphatic carbocycles. The van der Waals surface area contributed by atoms with E-state index in [1.54, 1.807) is 29.2 Å². The van der Waals surface area contributed by atoms with Gasteiger partial charge in [0, 0.05) is 19.6 Å². The fraction of sp³-hybridized carbons (Fsp3) is 0.267. The smallest absolute Gasteiger partial charge is 0.317 e. The molecular weight excluding hydrogens is 243 g/mol. The van der Waals surface area contributed by atoms with Gasteiger partial charge in [-0.15, -0.1) is 13.2 Å². The van der Waals surface area contributed by atoms with Gasteiger partial charge in [0.05, 0.1) is 0 Å². The molecule has 0 saturated carbocycles. The number of nitrogens with one attached hydrogen (secondary N) is 1. The van der Waals surface area contributed by atoms with Crippen molar-refractivity contribution in [2.75, 3.05) is 19.6 Å². The molecule has 1 rings (SSSR count). The first-order valence-corrected chi connectivity index (χ1v) is 6.16. The van der Waals surface area contributed by atoms with Crippen molar-refractivity contribution in [2.24, 2.45) is 0 Å². The quantitative estimate of drug-likeness (QED) is 0.753. The topological polar surface area (TPSA) is 32.3 Å². The Kier molecular flexibility index (Phi) is 6.36. The van der Waals surface area contributed by atoms with Gasteiger partial charge in [0.2, 0.25) is 0 Å². The maximum atomic E-state index is 12.7. The van der Waals surface area contributed by atoms with Crippen molar-refractivity contribution in [3.8, 4) is 0 Å². The summed E-state index contributed by atoms with van der Waals surface area (Å²) in [6.07, 6.45) is 4.01. The zero-order valence-corrected chi connectivity index (χ0v) is 10.9. The molecule has 1 N–H and O–H groups in total. The van der Waals surface area contributed by atoms with Gasteiger partial charge in [-0.25, -0.2) is 9.18 Å². The van der Waals surface area contributed by atoms with Gasteiger partial charge in [0.1, 0.15) is 5.82 Å². The third-order valence-corrected chi connectivity index (χ3v) is 2.59. The number of urea groups is 1. The molecule has 19 heavy (non-hydrogen) atoms. The molecule has 3 nitrogen and oxygen atoms in total. The van der Waals surface area contributed by atoms with Crippen LogP contribution >= 0.6 is 0 Å². The lowest BCUT2D eigenvalue weighted by Crippen LogP contribution is -2.40. The summed E-state index contributed by atoms with van der Waals surface area (Å²) in [5.41, 5.74) is 0.987. The molecule has 0 fully saturated rings. The largest absolute Gasteiger partial charge is 0.338 e. The van der Waals surface area contributed by atoms with Crippen LogP contribution in [0.5, 0.6) is 0 Å². The Balaban J connectivity index is 2.38. The Hall–Kier alpha value is -2.10. The van der Waals surface area contributed by atoms with E-state index in [9.17, 15) is 9.18 Å². The van der Waals surface area contributed by atoms with Crippen molar-refractivity contribution in [1.82, 2.24) is 10.2 Å². The van der Waals surface area contributed by atoms with Gasteiger partial charge >= 0.3 is 6.03 Å². The molecule has 2 amide bonds. The molecule has 0 spiro atoms. The van der Waals surface area contributed by atoms with E-state index in [2.05, 4.69) is 18.5 Å². The van der Waals surface area contributed by atoms with Gasteiger partial charge < -0.3 is 10.2 Å². The summed E-state index contributed by atoms with van der Waals surface area (Å²) < 4.78 is 12.7. The van der Waals surface area contributed by atoms with Crippen molar-refractivity contribution < 1.29 is 9.18 Å². The number of hydrogen-bond donors (Lipinski definition) is 1. The highest BCUT2D eigenvalue weighted by Crippen LogP contribution is 2.02. The summed E-state index contributed by atoms with van der Waals surface area (Å²) in [7, 11) is 0. The Morgan fingerprint density at radius 1 is 1.21 bits per heavy atom. The van der Waals surface area contributed by atoms with Crippen molar-refractivity contribution >= 4 is 6.03 Å². The summed E-state index contributed by atoms with van der Waals surface area (Å²) in [5, 5.41) is 2.81. The lowest BCUT2D eigenvalue weighted by atomic mass is 10.1. The summed E-state index contributed by atoms with van der Waals surface area (Å²) in [5.74, 6) is -0.254. The number of carbonyl (C=O) groups excluding carboxylic acids is 1. The van der Waals surface area contributed by atoms with Crippen molar-refractivity contribution in [3.63, 3.8) is 0 Å². The number of carbonyl (C=O) groups is 1. The monoisotopic (exact) mass is 262 g/mol. The first kappa shape index (κ1) is 15.0. The van der Waals surface area contributed by atoms with E-state index in [1.165, 1.54) is 12.1 Å². The van der Waals surface area contributed by atoms with E-state index in [0.717, 1.165) is 5.56 Å². The zero-order chi connectivity index (χ0) is 14.1. The summed E-state index contributed by atoms with van der Waals surface area (Å²) in [6.45, 7) is 8.69. The minimum atomic E-state index is -0.254. The van der Waals surface area contributed by atoms with E-state index in [0.29, 0.717) is 26.1 Å². The molecule has 1 aromatic rings.